The van der Waals surface area contributed by atoms with Gasteiger partial charge in [0.15, 0.2) is 0 Å². The van der Waals surface area contributed by atoms with E-state index < -0.39 is 0 Å². The average Bonchev–Trinajstić information content (AvgIpc) is 2.31. The molecule has 1 saturated heterocycles. The second-order valence-corrected chi connectivity index (χ2v) is 6.33. The Kier molecular flexibility index (Phi) is 4.99. The van der Waals surface area contributed by atoms with E-state index in [0.29, 0.717) is 6.04 Å². The Morgan fingerprint density at radius 1 is 1.47 bits per heavy atom. The van der Waals surface area contributed by atoms with E-state index in [-0.39, 0.29) is 11.1 Å². The van der Waals surface area contributed by atoms with Crippen LogP contribution >= 0.6 is 0 Å². The summed E-state index contributed by atoms with van der Waals surface area (Å²) in [6, 6.07) is 0.627. The molecule has 0 aromatic heterocycles. The molecular weight excluding hydrogens is 212 g/mol. The minimum Gasteiger partial charge on any atom is -0.379 e. The van der Waals surface area contributed by atoms with E-state index in [0.717, 1.165) is 26.1 Å². The number of nitrogens with zero attached hydrogens (tertiary/aromatic N) is 1. The molecule has 1 rings (SSSR count). The fraction of sp³-hybridized carbons (Fsp3) is 1.00. The first-order valence-electron chi connectivity index (χ1n) is 6.86. The minimum absolute atomic E-state index is 0.00673. The van der Waals surface area contributed by atoms with Crippen molar-refractivity contribution in [2.75, 3.05) is 26.7 Å². The zero-order valence-electron chi connectivity index (χ0n) is 12.5. The first-order valence-corrected chi connectivity index (χ1v) is 6.86. The Morgan fingerprint density at radius 3 is 2.65 bits per heavy atom. The van der Waals surface area contributed by atoms with Crippen LogP contribution in [0.5, 0.6) is 0 Å². The monoisotopic (exact) mass is 242 g/mol. The summed E-state index contributed by atoms with van der Waals surface area (Å²) >= 11 is 0. The van der Waals surface area contributed by atoms with Gasteiger partial charge in [0, 0.05) is 38.3 Å². The number of hydrogen-bond acceptors (Lipinski definition) is 3. The van der Waals surface area contributed by atoms with Crippen LogP contribution < -0.4 is 5.32 Å². The summed E-state index contributed by atoms with van der Waals surface area (Å²) in [6.45, 7) is 14.6. The van der Waals surface area contributed by atoms with Crippen molar-refractivity contribution in [2.45, 2.75) is 64.6 Å². The highest BCUT2D eigenvalue weighted by Gasteiger charge is 2.33. The standard InChI is InChI=1S/C14H30N2O/c1-7-14(5)11-16(12(2)10-15-14)9-8-13(3,4)17-6/h12,15H,7-11H2,1-6H3. The van der Waals surface area contributed by atoms with Gasteiger partial charge in [0.2, 0.25) is 0 Å². The lowest BCUT2D eigenvalue weighted by molar-refractivity contribution is -0.00354. The molecule has 3 nitrogen and oxygen atoms in total. The molecule has 0 radical (unpaired) electrons. The molecule has 102 valence electrons. The van der Waals surface area contributed by atoms with Gasteiger partial charge in [-0.2, -0.15) is 0 Å². The highest BCUT2D eigenvalue weighted by molar-refractivity contribution is 4.93. The summed E-state index contributed by atoms with van der Waals surface area (Å²) < 4.78 is 5.50. The fourth-order valence-corrected chi connectivity index (χ4v) is 2.23. The van der Waals surface area contributed by atoms with Crippen LogP contribution in [0.15, 0.2) is 0 Å². The molecule has 0 bridgehead atoms. The molecule has 0 spiro atoms. The number of methoxy groups -OCH3 is 1. The van der Waals surface area contributed by atoms with Crippen LogP contribution in [0.4, 0.5) is 0 Å². The summed E-state index contributed by atoms with van der Waals surface area (Å²) in [5, 5.41) is 3.66. The maximum atomic E-state index is 5.50. The normalized spacial score (nSPS) is 31.8. The lowest BCUT2D eigenvalue weighted by Gasteiger charge is -2.45. The molecule has 1 N–H and O–H groups in total. The average molecular weight is 242 g/mol. The van der Waals surface area contributed by atoms with Crippen LogP contribution in [0.25, 0.3) is 0 Å². The molecule has 0 aromatic carbocycles. The van der Waals surface area contributed by atoms with Crippen LogP contribution in [-0.4, -0.2) is 48.8 Å². The molecule has 0 aliphatic carbocycles. The van der Waals surface area contributed by atoms with Crippen molar-refractivity contribution in [1.82, 2.24) is 10.2 Å². The van der Waals surface area contributed by atoms with Gasteiger partial charge in [0.1, 0.15) is 0 Å². The van der Waals surface area contributed by atoms with Gasteiger partial charge in [0.25, 0.3) is 0 Å². The second-order valence-electron chi connectivity index (χ2n) is 6.33. The van der Waals surface area contributed by atoms with E-state index in [2.05, 4.69) is 44.8 Å². The Bertz CT molecular complexity index is 242. The third-order valence-corrected chi connectivity index (χ3v) is 4.33. The first kappa shape index (κ1) is 14.9. The van der Waals surface area contributed by atoms with Gasteiger partial charge >= 0.3 is 0 Å². The van der Waals surface area contributed by atoms with E-state index in [1.165, 1.54) is 6.42 Å². The number of rotatable bonds is 5. The first-order chi connectivity index (χ1) is 7.82. The molecular formula is C14H30N2O. The molecule has 3 heteroatoms. The zero-order chi connectivity index (χ0) is 13.1. The van der Waals surface area contributed by atoms with Crippen LogP contribution in [0.3, 0.4) is 0 Å². The van der Waals surface area contributed by atoms with Crippen molar-refractivity contribution in [1.29, 1.82) is 0 Å². The van der Waals surface area contributed by atoms with E-state index in [4.69, 9.17) is 4.74 Å². The highest BCUT2D eigenvalue weighted by atomic mass is 16.5. The van der Waals surface area contributed by atoms with Crippen LogP contribution in [0, 0.1) is 0 Å². The van der Waals surface area contributed by atoms with Gasteiger partial charge < -0.3 is 10.1 Å². The summed E-state index contributed by atoms with van der Waals surface area (Å²) in [4.78, 5) is 2.60. The van der Waals surface area contributed by atoms with Crippen molar-refractivity contribution < 1.29 is 4.74 Å². The molecule has 1 heterocycles. The predicted octanol–water partition coefficient (Wildman–Crippen LogP) is 2.26. The van der Waals surface area contributed by atoms with Crippen molar-refractivity contribution in [3.63, 3.8) is 0 Å². The van der Waals surface area contributed by atoms with Gasteiger partial charge in [0.05, 0.1) is 5.60 Å². The summed E-state index contributed by atoms with van der Waals surface area (Å²) in [7, 11) is 1.80. The van der Waals surface area contributed by atoms with Crippen molar-refractivity contribution >= 4 is 0 Å². The lowest BCUT2D eigenvalue weighted by Crippen LogP contribution is -2.62. The van der Waals surface area contributed by atoms with Crippen LogP contribution in [0.1, 0.15) is 47.5 Å². The summed E-state index contributed by atoms with van der Waals surface area (Å²) in [5.74, 6) is 0. The van der Waals surface area contributed by atoms with Crippen molar-refractivity contribution in [3.05, 3.63) is 0 Å². The third-order valence-electron chi connectivity index (χ3n) is 4.33. The van der Waals surface area contributed by atoms with Crippen LogP contribution in [-0.2, 0) is 4.74 Å². The van der Waals surface area contributed by atoms with Gasteiger partial charge in [-0.15, -0.1) is 0 Å². The number of ether oxygens (including phenoxy) is 1. The third kappa shape index (κ3) is 4.23. The minimum atomic E-state index is -0.00673. The molecule has 1 fully saturated rings. The Morgan fingerprint density at radius 2 is 2.12 bits per heavy atom. The molecule has 2 unspecified atom stereocenters. The van der Waals surface area contributed by atoms with Gasteiger partial charge in [-0.3, -0.25) is 4.90 Å². The van der Waals surface area contributed by atoms with Gasteiger partial charge in [-0.1, -0.05) is 6.92 Å². The lowest BCUT2D eigenvalue weighted by atomic mass is 9.93. The molecule has 2 atom stereocenters. The second kappa shape index (κ2) is 5.68. The topological polar surface area (TPSA) is 24.5 Å². The van der Waals surface area contributed by atoms with Crippen molar-refractivity contribution in [2.24, 2.45) is 0 Å². The molecule has 0 saturated carbocycles. The van der Waals surface area contributed by atoms with E-state index in [1.807, 2.05) is 0 Å². The smallest absolute Gasteiger partial charge is 0.0634 e. The predicted molar refractivity (Wildman–Crippen MR) is 73.4 cm³/mol. The quantitative estimate of drug-likeness (QED) is 0.800. The highest BCUT2D eigenvalue weighted by Crippen LogP contribution is 2.21. The largest absolute Gasteiger partial charge is 0.379 e. The number of nitrogens with one attached hydrogen (secondary N) is 1. The van der Waals surface area contributed by atoms with Crippen molar-refractivity contribution in [3.8, 4) is 0 Å². The molecule has 1 aliphatic heterocycles. The molecule has 1 aliphatic rings. The van der Waals surface area contributed by atoms with Gasteiger partial charge in [-0.25, -0.2) is 0 Å². The fourth-order valence-electron chi connectivity index (χ4n) is 2.23. The Hall–Kier alpha value is -0.120. The summed E-state index contributed by atoms with van der Waals surface area (Å²) in [6.07, 6.45) is 2.28. The Balaban J connectivity index is 2.51. The number of piperazine rings is 1. The SMILES string of the molecule is CCC1(C)CN(CCC(C)(C)OC)C(C)CN1. The maximum Gasteiger partial charge on any atom is 0.0634 e. The van der Waals surface area contributed by atoms with E-state index in [9.17, 15) is 0 Å². The van der Waals surface area contributed by atoms with E-state index >= 15 is 0 Å². The molecule has 0 amide bonds. The molecule has 0 aromatic rings. The zero-order valence-corrected chi connectivity index (χ0v) is 12.5. The van der Waals surface area contributed by atoms with Crippen LogP contribution in [0.2, 0.25) is 0 Å². The maximum absolute atomic E-state index is 5.50. The van der Waals surface area contributed by atoms with E-state index in [1.54, 1.807) is 7.11 Å². The number of hydrogen-bond donors (Lipinski definition) is 1. The summed E-state index contributed by atoms with van der Waals surface area (Å²) in [5.41, 5.74) is 0.275. The molecule has 17 heavy (non-hydrogen) atoms. The van der Waals surface area contributed by atoms with Gasteiger partial charge in [-0.05, 0) is 40.5 Å². The Labute approximate surface area is 107 Å².